The average Bonchev–Trinajstić information content (AvgIpc) is 2.05. The van der Waals surface area contributed by atoms with Crippen molar-refractivity contribution in [2.24, 2.45) is 15.7 Å². The van der Waals surface area contributed by atoms with E-state index in [4.69, 9.17) is 21.1 Å². The fraction of sp³-hybridized carbons (Fsp3) is 0.600. The zero-order valence-electron chi connectivity index (χ0n) is 6.93. The standard InChI is InChI=1S/C5H13N5O3/c6-4(7-1-11)10-5(8-2-12)9-3-13/h11-13H,1-3H2,(H4,6,7,8,9,10). The van der Waals surface area contributed by atoms with Crippen LogP contribution in [0.5, 0.6) is 0 Å². The van der Waals surface area contributed by atoms with Gasteiger partial charge in [0.2, 0.25) is 5.96 Å². The Morgan fingerprint density at radius 1 is 1.15 bits per heavy atom. The molecule has 0 heterocycles. The number of aliphatic hydroxyl groups excluding tert-OH is 3. The van der Waals surface area contributed by atoms with E-state index in [0.29, 0.717) is 0 Å². The number of rotatable bonds is 3. The van der Waals surface area contributed by atoms with Crippen LogP contribution in [0.1, 0.15) is 0 Å². The van der Waals surface area contributed by atoms with Gasteiger partial charge in [-0.25, -0.2) is 9.98 Å². The summed E-state index contributed by atoms with van der Waals surface area (Å²) in [6, 6.07) is 0. The molecule has 13 heavy (non-hydrogen) atoms. The lowest BCUT2D eigenvalue weighted by atomic mass is 10.8. The molecule has 0 spiro atoms. The quantitative estimate of drug-likeness (QED) is 0.157. The molecule has 0 unspecified atom stereocenters. The van der Waals surface area contributed by atoms with E-state index in [2.05, 4.69) is 20.6 Å². The smallest absolute Gasteiger partial charge is 0.202 e. The Labute approximate surface area is 74.8 Å². The summed E-state index contributed by atoms with van der Waals surface area (Å²) in [5, 5.41) is 30.0. The monoisotopic (exact) mass is 191 g/mol. The van der Waals surface area contributed by atoms with E-state index in [1.807, 2.05) is 0 Å². The van der Waals surface area contributed by atoms with Gasteiger partial charge in [0.15, 0.2) is 5.96 Å². The normalized spacial score (nSPS) is 12.8. The fourth-order valence-corrected chi connectivity index (χ4v) is 0.522. The summed E-state index contributed by atoms with van der Waals surface area (Å²) in [6.45, 7) is -1.27. The molecule has 0 fully saturated rings. The Balaban J connectivity index is 4.09. The van der Waals surface area contributed by atoms with Crippen LogP contribution in [0.15, 0.2) is 9.98 Å². The summed E-state index contributed by atoms with van der Waals surface area (Å²) in [6.07, 6.45) is 0. The summed E-state index contributed by atoms with van der Waals surface area (Å²) in [4.78, 5) is 6.87. The Morgan fingerprint density at radius 3 is 2.23 bits per heavy atom. The molecule has 0 rings (SSSR count). The third kappa shape index (κ3) is 5.84. The number of aliphatic hydroxyl groups is 3. The highest BCUT2D eigenvalue weighted by molar-refractivity contribution is 5.97. The molecule has 0 aromatic carbocycles. The molecule has 0 saturated carbocycles. The van der Waals surface area contributed by atoms with Gasteiger partial charge in [-0.1, -0.05) is 0 Å². The molecular formula is C5H13N5O3. The van der Waals surface area contributed by atoms with E-state index in [-0.39, 0.29) is 18.6 Å². The SMILES string of the molecule is NC(=NCO)NC(=NCO)NCO. The lowest BCUT2D eigenvalue weighted by molar-refractivity contribution is 0.281. The second-order valence-electron chi connectivity index (χ2n) is 1.79. The Morgan fingerprint density at radius 2 is 1.77 bits per heavy atom. The number of hydrogen-bond donors (Lipinski definition) is 6. The van der Waals surface area contributed by atoms with Gasteiger partial charge in [0.25, 0.3) is 0 Å². The zero-order chi connectivity index (χ0) is 10.1. The minimum atomic E-state index is -0.457. The third-order valence-electron chi connectivity index (χ3n) is 0.963. The number of nitrogens with one attached hydrogen (secondary N) is 2. The molecule has 7 N–H and O–H groups in total. The molecule has 0 aromatic heterocycles. The van der Waals surface area contributed by atoms with E-state index in [0.717, 1.165) is 0 Å². The van der Waals surface area contributed by atoms with Crippen LogP contribution in [0.3, 0.4) is 0 Å². The number of guanidine groups is 2. The maximum Gasteiger partial charge on any atom is 0.202 e. The predicted molar refractivity (Wildman–Crippen MR) is 46.6 cm³/mol. The minimum Gasteiger partial charge on any atom is -0.376 e. The van der Waals surface area contributed by atoms with Gasteiger partial charge in [-0.15, -0.1) is 0 Å². The van der Waals surface area contributed by atoms with E-state index in [9.17, 15) is 0 Å². The highest BCUT2D eigenvalue weighted by atomic mass is 16.3. The van der Waals surface area contributed by atoms with Gasteiger partial charge in [0.1, 0.15) is 20.2 Å². The van der Waals surface area contributed by atoms with Crippen LogP contribution in [-0.2, 0) is 0 Å². The lowest BCUT2D eigenvalue weighted by Crippen LogP contribution is -2.45. The van der Waals surface area contributed by atoms with Gasteiger partial charge in [-0.2, -0.15) is 0 Å². The van der Waals surface area contributed by atoms with Gasteiger partial charge < -0.3 is 26.4 Å². The highest BCUT2D eigenvalue weighted by Gasteiger charge is 1.97. The van der Waals surface area contributed by atoms with E-state index in [1.54, 1.807) is 0 Å². The molecule has 8 heteroatoms. The first-order chi connectivity index (χ1) is 6.24. The van der Waals surface area contributed by atoms with Crippen molar-refractivity contribution in [3.63, 3.8) is 0 Å². The summed E-state index contributed by atoms with van der Waals surface area (Å²) in [7, 11) is 0. The van der Waals surface area contributed by atoms with Crippen LogP contribution in [0.4, 0.5) is 0 Å². The van der Waals surface area contributed by atoms with Crippen molar-refractivity contribution in [2.45, 2.75) is 0 Å². The molecule has 0 radical (unpaired) electrons. The number of nitrogens with zero attached hydrogens (tertiary/aromatic N) is 2. The van der Waals surface area contributed by atoms with Crippen molar-refractivity contribution in [1.29, 1.82) is 0 Å². The van der Waals surface area contributed by atoms with Crippen molar-refractivity contribution in [1.82, 2.24) is 10.6 Å². The lowest BCUT2D eigenvalue weighted by Gasteiger charge is -2.08. The first kappa shape index (κ1) is 11.6. The minimum absolute atomic E-state index is 0.0692. The number of aliphatic imine (C=N–C) groups is 2. The Hall–Kier alpha value is -1.38. The predicted octanol–water partition coefficient (Wildman–Crippen LogP) is -3.31. The first-order valence-electron chi connectivity index (χ1n) is 3.42. The second kappa shape index (κ2) is 7.28. The maximum atomic E-state index is 8.46. The maximum absolute atomic E-state index is 8.46. The molecule has 76 valence electrons. The highest BCUT2D eigenvalue weighted by Crippen LogP contribution is 1.70. The van der Waals surface area contributed by atoms with Crippen LogP contribution in [0.25, 0.3) is 0 Å². The van der Waals surface area contributed by atoms with Crippen LogP contribution in [-0.4, -0.2) is 47.4 Å². The molecule has 8 nitrogen and oxygen atoms in total. The van der Waals surface area contributed by atoms with Crippen LogP contribution < -0.4 is 16.4 Å². The topological polar surface area (TPSA) is 135 Å². The molecule has 0 aliphatic heterocycles. The second-order valence-corrected chi connectivity index (χ2v) is 1.79. The van der Waals surface area contributed by atoms with Crippen LogP contribution >= 0.6 is 0 Å². The molecule has 0 bridgehead atoms. The number of hydrogen-bond acceptors (Lipinski definition) is 5. The largest absolute Gasteiger partial charge is 0.376 e. The van der Waals surface area contributed by atoms with Crippen molar-refractivity contribution in [3.8, 4) is 0 Å². The van der Waals surface area contributed by atoms with E-state index in [1.165, 1.54) is 0 Å². The first-order valence-corrected chi connectivity index (χ1v) is 3.42. The van der Waals surface area contributed by atoms with Gasteiger partial charge >= 0.3 is 0 Å². The van der Waals surface area contributed by atoms with E-state index < -0.39 is 13.5 Å². The van der Waals surface area contributed by atoms with Gasteiger partial charge in [-0.05, 0) is 0 Å². The Kier molecular flexibility index (Phi) is 6.51. The fourth-order valence-electron chi connectivity index (χ4n) is 0.522. The van der Waals surface area contributed by atoms with Crippen molar-refractivity contribution in [3.05, 3.63) is 0 Å². The zero-order valence-corrected chi connectivity index (χ0v) is 6.93. The van der Waals surface area contributed by atoms with Crippen molar-refractivity contribution in [2.75, 3.05) is 20.2 Å². The number of nitrogens with two attached hydrogens (primary N) is 1. The Bertz CT molecular complexity index is 193. The molecule has 0 aliphatic carbocycles. The summed E-state index contributed by atoms with van der Waals surface area (Å²) < 4.78 is 0. The average molecular weight is 191 g/mol. The molecule has 0 aromatic rings. The molecule has 0 amide bonds. The van der Waals surface area contributed by atoms with Crippen molar-refractivity contribution >= 4 is 11.9 Å². The van der Waals surface area contributed by atoms with Gasteiger partial charge in [0, 0.05) is 0 Å². The molecule has 0 saturated heterocycles. The third-order valence-corrected chi connectivity index (χ3v) is 0.963. The summed E-state index contributed by atoms with van der Waals surface area (Å²) in [5.74, 6) is -0.00431. The van der Waals surface area contributed by atoms with Crippen LogP contribution in [0.2, 0.25) is 0 Å². The van der Waals surface area contributed by atoms with Crippen LogP contribution in [0, 0.1) is 0 Å². The van der Waals surface area contributed by atoms with E-state index >= 15 is 0 Å². The summed E-state index contributed by atoms with van der Waals surface area (Å²) in [5.41, 5.74) is 5.24. The molecular weight excluding hydrogens is 178 g/mol. The van der Waals surface area contributed by atoms with Crippen molar-refractivity contribution < 1.29 is 15.3 Å². The summed E-state index contributed by atoms with van der Waals surface area (Å²) >= 11 is 0. The molecule has 0 atom stereocenters. The van der Waals surface area contributed by atoms with Gasteiger partial charge in [0.05, 0.1) is 0 Å². The van der Waals surface area contributed by atoms with Gasteiger partial charge in [-0.3, -0.25) is 5.32 Å². The molecule has 0 aliphatic rings.